The van der Waals surface area contributed by atoms with Crippen LogP contribution in [0.25, 0.3) is 0 Å². The van der Waals surface area contributed by atoms with E-state index in [1.54, 1.807) is 33.1 Å². The lowest BCUT2D eigenvalue weighted by Crippen LogP contribution is -2.39. The second-order valence-corrected chi connectivity index (χ2v) is 9.11. The molecule has 2 amide bonds. The van der Waals surface area contributed by atoms with E-state index >= 15 is 0 Å². The fraction of sp³-hybridized carbons (Fsp3) is 0.241. The molecule has 4 aromatic rings. The number of hydrogen-bond donors (Lipinski definition) is 0. The molecule has 37 heavy (non-hydrogen) atoms. The summed E-state index contributed by atoms with van der Waals surface area (Å²) in [5.41, 5.74) is 3.37. The second-order valence-electron chi connectivity index (χ2n) is 9.11. The largest absolute Gasteiger partial charge is 0.368 e. The molecule has 0 aliphatic carbocycles. The van der Waals surface area contributed by atoms with Gasteiger partial charge in [0.25, 0.3) is 5.91 Å². The Hall–Kier alpha value is -4.30. The molecule has 3 heterocycles. The van der Waals surface area contributed by atoms with Crippen LogP contribution < -0.4 is 0 Å². The van der Waals surface area contributed by atoms with E-state index in [9.17, 15) is 9.59 Å². The molecule has 5 rings (SSSR count). The van der Waals surface area contributed by atoms with E-state index < -0.39 is 0 Å². The number of hydrogen-bond acceptors (Lipinski definition) is 5. The molecule has 2 aromatic heterocycles. The van der Waals surface area contributed by atoms with Crippen molar-refractivity contribution in [2.45, 2.75) is 25.8 Å². The number of nitrogens with zero attached hydrogens (tertiary/aromatic N) is 5. The summed E-state index contributed by atoms with van der Waals surface area (Å²) < 4.78 is 7.93. The molecule has 1 fully saturated rings. The average molecular weight is 496 g/mol. The monoisotopic (exact) mass is 495 g/mol. The minimum Gasteiger partial charge on any atom is -0.368 e. The Morgan fingerprint density at radius 2 is 1.59 bits per heavy atom. The molecule has 8 nitrogen and oxygen atoms in total. The highest BCUT2D eigenvalue weighted by Crippen LogP contribution is 2.16. The van der Waals surface area contributed by atoms with Gasteiger partial charge in [0.2, 0.25) is 5.91 Å². The summed E-state index contributed by atoms with van der Waals surface area (Å²) >= 11 is 0. The van der Waals surface area contributed by atoms with Crippen LogP contribution in [0.5, 0.6) is 0 Å². The van der Waals surface area contributed by atoms with E-state index in [0.717, 1.165) is 16.8 Å². The zero-order chi connectivity index (χ0) is 25.5. The molecule has 1 aliphatic heterocycles. The molecule has 0 saturated carbocycles. The Morgan fingerprint density at radius 3 is 2.30 bits per heavy atom. The van der Waals surface area contributed by atoms with E-state index in [2.05, 4.69) is 10.1 Å². The lowest BCUT2D eigenvalue weighted by atomic mass is 10.2. The highest BCUT2D eigenvalue weighted by Gasteiger charge is 2.32. The molecule has 2 aromatic carbocycles. The predicted octanol–water partition coefficient (Wildman–Crippen LogP) is 3.40. The molecule has 1 saturated heterocycles. The molecule has 0 bridgehead atoms. The van der Waals surface area contributed by atoms with Crippen LogP contribution in [-0.4, -0.2) is 62.1 Å². The maximum Gasteiger partial charge on any atom is 0.257 e. The number of rotatable bonds is 8. The van der Waals surface area contributed by atoms with Crippen LogP contribution in [0, 0.1) is 0 Å². The van der Waals surface area contributed by atoms with Gasteiger partial charge in [-0.2, -0.15) is 5.10 Å². The Kier molecular flexibility index (Phi) is 7.66. The summed E-state index contributed by atoms with van der Waals surface area (Å²) in [4.78, 5) is 34.4. The van der Waals surface area contributed by atoms with Crippen molar-refractivity contribution in [2.75, 3.05) is 19.6 Å². The number of ether oxygens (including phenoxy) is 1. The predicted molar refractivity (Wildman–Crippen MR) is 138 cm³/mol. The van der Waals surface area contributed by atoms with Gasteiger partial charge in [0, 0.05) is 32.0 Å². The molecule has 0 spiro atoms. The Balaban J connectivity index is 1.32. The Bertz CT molecular complexity index is 1310. The van der Waals surface area contributed by atoms with Gasteiger partial charge in [-0.05, 0) is 23.3 Å². The van der Waals surface area contributed by atoms with Gasteiger partial charge in [-0.25, -0.2) is 0 Å². The van der Waals surface area contributed by atoms with Crippen molar-refractivity contribution in [3.8, 4) is 0 Å². The van der Waals surface area contributed by atoms with Gasteiger partial charge in [0.05, 0.1) is 36.7 Å². The fourth-order valence-corrected chi connectivity index (χ4v) is 4.40. The first kappa shape index (κ1) is 24.4. The smallest absolute Gasteiger partial charge is 0.257 e. The number of carbonyl (C=O) groups excluding carboxylic acids is 2. The molecular formula is C29H29N5O3. The van der Waals surface area contributed by atoms with Gasteiger partial charge in [0.1, 0.15) is 6.54 Å². The van der Waals surface area contributed by atoms with Gasteiger partial charge in [0.15, 0.2) is 0 Å². The third-order valence-electron chi connectivity index (χ3n) is 6.29. The van der Waals surface area contributed by atoms with E-state index in [-0.39, 0.29) is 24.5 Å². The molecule has 0 N–H and O–H groups in total. The summed E-state index contributed by atoms with van der Waals surface area (Å²) in [7, 11) is 0. The van der Waals surface area contributed by atoms with Gasteiger partial charge in [-0.3, -0.25) is 19.3 Å². The van der Waals surface area contributed by atoms with Crippen LogP contribution in [0.2, 0.25) is 0 Å². The van der Waals surface area contributed by atoms with E-state index in [1.165, 1.54) is 0 Å². The zero-order valence-corrected chi connectivity index (χ0v) is 20.5. The summed E-state index contributed by atoms with van der Waals surface area (Å²) in [5.74, 6) is -0.349. The first-order valence-electron chi connectivity index (χ1n) is 12.3. The molecule has 0 unspecified atom stereocenters. The standard InChI is InChI=1S/C29H29N5O3/c35-28-21-33(29(36)25-15-31-34(18-25)17-24-11-5-2-6-12-24)20-27(37-22-26-13-7-8-14-30-26)19-32(28)16-23-9-3-1-4-10-23/h1-15,18,27H,16-17,19-22H2/t27-/m1/s1. The number of carbonyl (C=O) groups is 2. The molecular weight excluding hydrogens is 466 g/mol. The van der Waals surface area contributed by atoms with Crippen molar-refractivity contribution in [3.63, 3.8) is 0 Å². The maximum atomic E-state index is 13.5. The van der Waals surface area contributed by atoms with Crippen LogP contribution in [0.3, 0.4) is 0 Å². The van der Waals surface area contributed by atoms with Crippen LogP contribution in [0.15, 0.2) is 97.5 Å². The normalized spacial score (nSPS) is 16.0. The van der Waals surface area contributed by atoms with Crippen molar-refractivity contribution in [1.82, 2.24) is 24.6 Å². The van der Waals surface area contributed by atoms with Crippen molar-refractivity contribution in [1.29, 1.82) is 0 Å². The number of amides is 2. The lowest BCUT2D eigenvalue weighted by molar-refractivity contribution is -0.132. The van der Waals surface area contributed by atoms with Gasteiger partial charge >= 0.3 is 0 Å². The SMILES string of the molecule is O=C1CN(C(=O)c2cnn(Cc3ccccc3)c2)C[C@H](OCc2ccccn2)CN1Cc1ccccc1. The first-order chi connectivity index (χ1) is 18.1. The quantitative estimate of drug-likeness (QED) is 0.374. The number of aromatic nitrogens is 3. The minimum atomic E-state index is -0.361. The zero-order valence-electron chi connectivity index (χ0n) is 20.5. The van der Waals surface area contributed by atoms with Gasteiger partial charge in [-0.1, -0.05) is 66.7 Å². The third kappa shape index (κ3) is 6.48. The summed E-state index contributed by atoms with van der Waals surface area (Å²) in [6.45, 7) is 1.99. The maximum absolute atomic E-state index is 13.5. The van der Waals surface area contributed by atoms with Crippen molar-refractivity contribution < 1.29 is 14.3 Å². The average Bonchev–Trinajstić information content (AvgIpc) is 3.34. The number of benzene rings is 2. The topological polar surface area (TPSA) is 80.6 Å². The third-order valence-corrected chi connectivity index (χ3v) is 6.29. The summed E-state index contributed by atoms with van der Waals surface area (Å²) in [6.07, 6.45) is 4.66. The van der Waals surface area contributed by atoms with Crippen molar-refractivity contribution in [3.05, 3.63) is 120 Å². The molecule has 8 heteroatoms. The Morgan fingerprint density at radius 1 is 0.892 bits per heavy atom. The van der Waals surface area contributed by atoms with Crippen LogP contribution >= 0.6 is 0 Å². The molecule has 0 radical (unpaired) electrons. The van der Waals surface area contributed by atoms with Crippen LogP contribution in [0.1, 0.15) is 27.2 Å². The van der Waals surface area contributed by atoms with Gasteiger partial charge < -0.3 is 14.5 Å². The lowest BCUT2D eigenvalue weighted by Gasteiger charge is -2.24. The Labute approximate surface area is 216 Å². The summed E-state index contributed by atoms with van der Waals surface area (Å²) in [6, 6.07) is 25.4. The van der Waals surface area contributed by atoms with Crippen LogP contribution in [0.4, 0.5) is 0 Å². The van der Waals surface area contributed by atoms with E-state index in [4.69, 9.17) is 4.74 Å². The molecule has 1 atom stereocenters. The van der Waals surface area contributed by atoms with Crippen molar-refractivity contribution >= 4 is 11.8 Å². The second kappa shape index (κ2) is 11.6. The summed E-state index contributed by atoms with van der Waals surface area (Å²) in [5, 5.41) is 4.37. The van der Waals surface area contributed by atoms with Crippen LogP contribution in [-0.2, 0) is 29.2 Å². The van der Waals surface area contributed by atoms with E-state index in [1.807, 2.05) is 78.9 Å². The molecule has 188 valence electrons. The fourth-order valence-electron chi connectivity index (χ4n) is 4.40. The van der Waals surface area contributed by atoms with E-state index in [0.29, 0.717) is 38.3 Å². The molecule has 1 aliphatic rings. The van der Waals surface area contributed by atoms with Crippen molar-refractivity contribution in [2.24, 2.45) is 0 Å². The van der Waals surface area contributed by atoms with Gasteiger partial charge in [-0.15, -0.1) is 0 Å². The first-order valence-corrected chi connectivity index (χ1v) is 12.3. The number of pyridine rings is 1. The minimum absolute atomic E-state index is 0.0149. The highest BCUT2D eigenvalue weighted by atomic mass is 16.5. The highest BCUT2D eigenvalue weighted by molar-refractivity contribution is 5.96.